The molecule has 1 fully saturated rings. The number of phenols is 1. The standard InChI is InChI=1S/C43H37Cl2N4O25P3/c1-67-29-12-25-33(26-13-30(68-2)37(52)35(45)39(26)72-38(25)34(44)36(29)51)24-11-20(7-8-23(24)42(55)56)40(53)46-9-3-4-19-5-6-21(27(10-19)49(58)59)16-69-17-22-15-48(43(57)47-41(22)54)32-14-28(50)31(71-32)18-70-76(63,64)74-77(65,66)73-75(60,61)62/h5-8,10-13,15,28,31-32,50-51H,9,14,16-18H2,1-2H3,(H,46,53)(H,55,56)(H,63,64)(H,65,66)(H,47,54,57)(H2,60,61,62)/t28-,31-,32-/m1/s1. The number of carboxylic acid groups (broad SMARTS) is 1. The van der Waals surface area contributed by atoms with Gasteiger partial charge in [0.15, 0.2) is 28.6 Å². The third kappa shape index (κ3) is 13.1. The molecular formula is C43H37Cl2N4O25P3. The van der Waals surface area contributed by atoms with E-state index < -0.39 is 118 Å². The minimum atomic E-state index is -5.85. The number of amides is 1. The van der Waals surface area contributed by atoms with Crippen LogP contribution in [0.15, 0.2) is 73.5 Å². The smallest absolute Gasteiger partial charge is 0.490 e. The highest BCUT2D eigenvalue weighted by molar-refractivity contribution is 7.66. The lowest BCUT2D eigenvalue weighted by Crippen LogP contribution is -2.34. The van der Waals surface area contributed by atoms with Crippen LogP contribution in [0.5, 0.6) is 17.2 Å². The Morgan fingerprint density at radius 2 is 1.64 bits per heavy atom. The summed E-state index contributed by atoms with van der Waals surface area (Å²) in [6.45, 7) is -2.39. The van der Waals surface area contributed by atoms with E-state index in [0.717, 1.165) is 22.9 Å². The van der Waals surface area contributed by atoms with Crippen LogP contribution in [0.25, 0.3) is 33.4 Å². The lowest BCUT2D eigenvalue weighted by Gasteiger charge is -2.20. The molecule has 7 rings (SSSR count). The van der Waals surface area contributed by atoms with Crippen LogP contribution in [0.1, 0.15) is 50.1 Å². The van der Waals surface area contributed by atoms with Crippen LogP contribution in [0.4, 0.5) is 5.69 Å². The second-order valence-electron chi connectivity index (χ2n) is 16.0. The second-order valence-corrected chi connectivity index (χ2v) is 21.2. The molecule has 3 heterocycles. The number of fused-ring (bicyclic) bond motifs is 2. The summed E-state index contributed by atoms with van der Waals surface area (Å²) in [5.41, 5.74) is -3.94. The number of nitro benzene ring substituents is 1. The molecule has 4 aromatic rings. The molecule has 3 aromatic carbocycles. The van der Waals surface area contributed by atoms with Crippen molar-refractivity contribution in [3.05, 3.63) is 134 Å². The van der Waals surface area contributed by atoms with E-state index in [0.29, 0.717) is 0 Å². The topological polar surface area (TPSA) is 432 Å². The van der Waals surface area contributed by atoms with Gasteiger partial charge in [-0.25, -0.2) is 23.3 Å². The highest BCUT2D eigenvalue weighted by Crippen LogP contribution is 2.66. The van der Waals surface area contributed by atoms with Crippen LogP contribution < -0.4 is 31.5 Å². The van der Waals surface area contributed by atoms with Gasteiger partial charge in [-0.2, -0.15) is 8.62 Å². The first-order valence-electron chi connectivity index (χ1n) is 21.3. The first-order chi connectivity index (χ1) is 36.1. The number of phenolic OH excluding ortho intramolecular Hbond substituents is 1. The highest BCUT2D eigenvalue weighted by atomic mass is 35.5. The number of aliphatic hydroxyl groups excluding tert-OH is 1. The molecule has 1 aromatic heterocycles. The summed E-state index contributed by atoms with van der Waals surface area (Å²) in [7, 11) is -14.7. The van der Waals surface area contributed by atoms with Crippen molar-refractivity contribution in [2.45, 2.75) is 38.1 Å². The number of ether oxygens (including phenoxy) is 4. The van der Waals surface area contributed by atoms with Gasteiger partial charge in [0.25, 0.3) is 17.2 Å². The van der Waals surface area contributed by atoms with Crippen LogP contribution >= 0.6 is 46.7 Å². The lowest BCUT2D eigenvalue weighted by atomic mass is 9.89. The number of phosphoric ester groups is 1. The van der Waals surface area contributed by atoms with Crippen molar-refractivity contribution < 1.29 is 99.6 Å². The van der Waals surface area contributed by atoms with Gasteiger partial charge in [0.2, 0.25) is 5.43 Å². The Bertz CT molecular complexity index is 3760. The maximum Gasteiger partial charge on any atom is 0.490 e. The maximum atomic E-state index is 13.6. The molecule has 5 atom stereocenters. The molecule has 0 spiro atoms. The molecule has 1 saturated heterocycles. The zero-order chi connectivity index (χ0) is 56.5. The van der Waals surface area contributed by atoms with Gasteiger partial charge in [-0.05, 0) is 48.0 Å². The maximum absolute atomic E-state index is 13.6. The number of hydrogen-bond donors (Lipinski definition) is 9. The number of nitrogens with one attached hydrogen (secondary N) is 2. The molecule has 34 heteroatoms. The number of nitro groups is 1. The molecule has 3 aliphatic rings. The summed E-state index contributed by atoms with van der Waals surface area (Å²) in [5, 5.41) is 45.4. The van der Waals surface area contributed by atoms with Gasteiger partial charge in [-0.1, -0.05) is 35.0 Å². The average Bonchev–Trinajstić information content (AvgIpc) is 3.77. The largest absolute Gasteiger partial charge is 0.503 e. The zero-order valence-corrected chi connectivity index (χ0v) is 43.1. The number of benzene rings is 4. The van der Waals surface area contributed by atoms with Gasteiger partial charge in [0, 0.05) is 46.3 Å². The number of phosphoric acid groups is 3. The first kappa shape index (κ1) is 57.9. The number of nitrogens with zero attached hydrogens (tertiary/aromatic N) is 2. The third-order valence-electron chi connectivity index (χ3n) is 11.0. The van der Waals surface area contributed by atoms with Crippen molar-refractivity contribution in [1.82, 2.24) is 14.9 Å². The monoisotopic (exact) mass is 1170 g/mol. The van der Waals surface area contributed by atoms with E-state index in [1.165, 1.54) is 50.6 Å². The normalized spacial score (nSPS) is 17.0. The van der Waals surface area contributed by atoms with E-state index in [-0.39, 0.29) is 84.3 Å². The Balaban J connectivity index is 1.03. The SMILES string of the molecule is COc1cc2c(-c3cc(C(=O)NCC#Cc4ccc(COCc5cn([C@H]6C[C@@H](O)[C@@H](COP(=O)(O)OP(=O)(O)OP(=O)(O)O)O6)c(=O)[nH]c5=O)c([N+](=O)[O-])c4)ccc3C(=O)O)c3cc(OC)c(=O)c(Cl)c-3oc2c(Cl)c1O. The molecule has 0 radical (unpaired) electrons. The molecule has 77 heavy (non-hydrogen) atoms. The first-order valence-corrected chi connectivity index (χ1v) is 26.6. The number of halogens is 2. The molecule has 2 aliphatic heterocycles. The number of hydrogen-bond acceptors (Lipinski definition) is 20. The molecule has 29 nitrogen and oxygen atoms in total. The van der Waals surface area contributed by atoms with E-state index in [2.05, 4.69) is 30.3 Å². The summed E-state index contributed by atoms with van der Waals surface area (Å²) < 4.78 is 74.7. The number of carboxylic acids is 1. The second kappa shape index (κ2) is 23.0. The fourth-order valence-electron chi connectivity index (χ4n) is 7.61. The van der Waals surface area contributed by atoms with Crippen molar-refractivity contribution >= 4 is 75.2 Å². The van der Waals surface area contributed by atoms with Crippen molar-refractivity contribution in [2.75, 3.05) is 27.4 Å². The van der Waals surface area contributed by atoms with E-state index in [9.17, 15) is 72.9 Å². The number of H-pyrrole nitrogens is 1. The molecule has 0 bridgehead atoms. The van der Waals surface area contributed by atoms with Crippen LogP contribution in [0.3, 0.4) is 0 Å². The van der Waals surface area contributed by atoms with Crippen LogP contribution in [-0.4, -0.2) is 101 Å². The summed E-state index contributed by atoms with van der Waals surface area (Å²) in [6.07, 6.45) is -3.83. The summed E-state index contributed by atoms with van der Waals surface area (Å²) in [6, 6.07) is 9.98. The fraction of sp³-hybridized carbons (Fsp3) is 0.233. The number of aromatic nitrogens is 2. The minimum Gasteiger partial charge on any atom is -0.503 e. The zero-order valence-electron chi connectivity index (χ0n) is 38.9. The van der Waals surface area contributed by atoms with Crippen LogP contribution in [0.2, 0.25) is 10.0 Å². The number of aromatic hydroxyl groups is 1. The summed E-state index contributed by atoms with van der Waals surface area (Å²) >= 11 is 12.9. The summed E-state index contributed by atoms with van der Waals surface area (Å²) in [4.78, 5) is 115. The van der Waals surface area contributed by atoms with Crippen LogP contribution in [-0.2, 0) is 49.5 Å². The fourth-order valence-corrected chi connectivity index (χ4v) is 11.1. The average molecular weight is 1170 g/mol. The molecular weight excluding hydrogens is 1140 g/mol. The minimum absolute atomic E-state index is 0.0136. The van der Waals surface area contributed by atoms with Gasteiger partial charge < -0.3 is 63.6 Å². The predicted octanol–water partition coefficient (Wildman–Crippen LogP) is 4.54. The van der Waals surface area contributed by atoms with Crippen molar-refractivity contribution in [3.8, 4) is 51.5 Å². The number of aromatic amines is 1. The van der Waals surface area contributed by atoms with Gasteiger partial charge >= 0.3 is 35.1 Å². The van der Waals surface area contributed by atoms with Gasteiger partial charge in [0.05, 0.1) is 68.3 Å². The summed E-state index contributed by atoms with van der Waals surface area (Å²) in [5.74, 6) is 1.99. The highest BCUT2D eigenvalue weighted by Gasteiger charge is 2.43. The number of rotatable bonds is 19. The quantitative estimate of drug-likeness (QED) is 0.0177. The Labute approximate surface area is 438 Å². The molecule has 1 aliphatic carbocycles. The van der Waals surface area contributed by atoms with Crippen molar-refractivity contribution in [3.63, 3.8) is 0 Å². The predicted molar refractivity (Wildman–Crippen MR) is 263 cm³/mol. The number of methoxy groups -OCH3 is 2. The van der Waals surface area contributed by atoms with Crippen molar-refractivity contribution in [1.29, 1.82) is 0 Å². The Morgan fingerprint density at radius 3 is 2.30 bits per heavy atom. The molecule has 9 N–H and O–H groups in total. The van der Waals surface area contributed by atoms with Crippen molar-refractivity contribution in [2.24, 2.45) is 0 Å². The van der Waals surface area contributed by atoms with Crippen LogP contribution in [0, 0.1) is 22.0 Å². The lowest BCUT2D eigenvalue weighted by molar-refractivity contribution is -0.386. The molecule has 2 unspecified atom stereocenters. The number of aromatic carboxylic acids is 1. The van der Waals surface area contributed by atoms with E-state index in [1.54, 1.807) is 0 Å². The number of carbonyl (C=O) groups excluding carboxylic acids is 1. The Hall–Kier alpha value is -6.80. The van der Waals surface area contributed by atoms with Gasteiger partial charge in [-0.15, -0.1) is 0 Å². The molecule has 1 amide bonds. The molecule has 0 saturated carbocycles. The number of carbonyl (C=O) groups is 2. The third-order valence-corrected chi connectivity index (χ3v) is 15.5. The molecule has 408 valence electrons. The van der Waals surface area contributed by atoms with Gasteiger partial charge in [-0.3, -0.25) is 38.6 Å². The Kier molecular flexibility index (Phi) is 17.3. The Morgan fingerprint density at radius 1 is 0.935 bits per heavy atom. The van der Waals surface area contributed by atoms with Gasteiger partial charge in [0.1, 0.15) is 22.4 Å². The van der Waals surface area contributed by atoms with E-state index in [4.69, 9.17) is 56.4 Å². The number of aliphatic hydroxyl groups is 1. The van der Waals surface area contributed by atoms with E-state index >= 15 is 0 Å². The van der Waals surface area contributed by atoms with E-state index in [1.807, 2.05) is 4.98 Å².